The first-order chi connectivity index (χ1) is 22.5. The maximum atomic E-state index is 16.9. The van der Waals surface area contributed by atoms with Crippen LogP contribution in [0.25, 0.3) is 32.9 Å². The number of pyridine rings is 1. The zero-order chi connectivity index (χ0) is 33.1. The standard InChI is InChI=1S/C34H39F3N5O4P/c1-4-24-27(36)7-6-20-12-22(43)13-25(28(20)24)30-29(37)31-26(15-38-30)32(41-10-11-45-18-23(17-41)47(2,3)44)40-33(39-31)46-19-34-8-5-9-42(34)16-21(35)14-34/h6-7,12-13,15,21,23,43H,4-5,8-11,14,16-19H2,1-3H3/t21-,23?,34+/m1/s1. The number of ether oxygens (including phenoxy) is 2. The molecular formula is C34H39F3N5O4P. The minimum absolute atomic E-state index is 0.0607. The van der Waals surface area contributed by atoms with E-state index in [0.29, 0.717) is 73.2 Å². The first-order valence-electron chi connectivity index (χ1n) is 16.2. The molecular weight excluding hydrogens is 630 g/mol. The van der Waals surface area contributed by atoms with Crippen LogP contribution in [0.3, 0.4) is 0 Å². The van der Waals surface area contributed by atoms with Crippen molar-refractivity contribution < 1.29 is 32.3 Å². The van der Waals surface area contributed by atoms with Gasteiger partial charge in [0.1, 0.15) is 41.4 Å². The third-order valence-electron chi connectivity index (χ3n) is 10.1. The zero-order valence-electron chi connectivity index (χ0n) is 26.8. The molecule has 5 heterocycles. The minimum atomic E-state index is -2.57. The summed E-state index contributed by atoms with van der Waals surface area (Å²) >= 11 is 0. The minimum Gasteiger partial charge on any atom is -0.508 e. The summed E-state index contributed by atoms with van der Waals surface area (Å²) in [5.41, 5.74) is -0.291. The highest BCUT2D eigenvalue weighted by Gasteiger charge is 2.49. The number of hydrogen-bond acceptors (Lipinski definition) is 9. The van der Waals surface area contributed by atoms with E-state index in [-0.39, 0.29) is 40.8 Å². The van der Waals surface area contributed by atoms with Crippen molar-refractivity contribution >= 4 is 34.6 Å². The lowest BCUT2D eigenvalue weighted by molar-refractivity contribution is 0.107. The maximum Gasteiger partial charge on any atom is 0.319 e. The normalized spacial score (nSPS) is 23.8. The quantitative estimate of drug-likeness (QED) is 0.232. The van der Waals surface area contributed by atoms with Crippen molar-refractivity contribution in [2.24, 2.45) is 0 Å². The summed E-state index contributed by atoms with van der Waals surface area (Å²) in [7, 11) is -2.57. The Labute approximate surface area is 271 Å². The second-order valence-corrected chi connectivity index (χ2v) is 17.1. The average Bonchev–Trinajstić information content (AvgIpc) is 3.42. The molecule has 47 heavy (non-hydrogen) atoms. The van der Waals surface area contributed by atoms with Gasteiger partial charge >= 0.3 is 6.01 Å². The van der Waals surface area contributed by atoms with Crippen molar-refractivity contribution in [3.63, 3.8) is 0 Å². The van der Waals surface area contributed by atoms with Crippen LogP contribution in [-0.2, 0) is 15.7 Å². The number of hydrogen-bond donors (Lipinski definition) is 1. The van der Waals surface area contributed by atoms with Crippen LogP contribution in [0.15, 0.2) is 30.5 Å². The maximum absolute atomic E-state index is 16.9. The van der Waals surface area contributed by atoms with Gasteiger partial charge in [0.05, 0.1) is 36.9 Å². The van der Waals surface area contributed by atoms with Crippen molar-refractivity contribution in [2.45, 2.75) is 50.0 Å². The Kier molecular flexibility index (Phi) is 8.33. The number of phenolic OH excluding ortho intramolecular Hbond substituents is 1. The molecule has 13 heteroatoms. The first kappa shape index (κ1) is 32.1. The lowest BCUT2D eigenvalue weighted by atomic mass is 9.94. The number of benzene rings is 2. The van der Waals surface area contributed by atoms with Gasteiger partial charge in [-0.15, -0.1) is 0 Å². The van der Waals surface area contributed by atoms with Crippen molar-refractivity contribution in [1.29, 1.82) is 0 Å². The highest BCUT2D eigenvalue weighted by molar-refractivity contribution is 7.63. The average molecular weight is 670 g/mol. The number of rotatable bonds is 7. The molecule has 4 aromatic rings. The Morgan fingerprint density at radius 1 is 1.17 bits per heavy atom. The van der Waals surface area contributed by atoms with Crippen LogP contribution in [0.1, 0.15) is 31.7 Å². The van der Waals surface area contributed by atoms with Gasteiger partial charge in [-0.2, -0.15) is 9.97 Å². The van der Waals surface area contributed by atoms with E-state index in [9.17, 15) is 18.5 Å². The summed E-state index contributed by atoms with van der Waals surface area (Å²) in [6.45, 7) is 8.01. The summed E-state index contributed by atoms with van der Waals surface area (Å²) in [6.07, 6.45) is 2.95. The Hall–Kier alpha value is -3.47. The molecule has 0 amide bonds. The van der Waals surface area contributed by atoms with E-state index < -0.39 is 30.5 Å². The Morgan fingerprint density at radius 3 is 2.79 bits per heavy atom. The van der Waals surface area contributed by atoms with Crippen LogP contribution in [0.5, 0.6) is 11.8 Å². The largest absolute Gasteiger partial charge is 0.508 e. The molecule has 3 aliphatic rings. The summed E-state index contributed by atoms with van der Waals surface area (Å²) in [4.78, 5) is 17.9. The van der Waals surface area contributed by atoms with Crippen LogP contribution < -0.4 is 9.64 Å². The number of phenols is 1. The number of alkyl halides is 1. The molecule has 1 N–H and O–H groups in total. The number of nitrogens with zero attached hydrogens (tertiary/aromatic N) is 5. The fraction of sp³-hybridized carbons (Fsp3) is 0.500. The predicted octanol–water partition coefficient (Wildman–Crippen LogP) is 6.17. The fourth-order valence-corrected chi connectivity index (χ4v) is 8.61. The van der Waals surface area contributed by atoms with Gasteiger partial charge in [0, 0.05) is 37.8 Å². The molecule has 2 aromatic heterocycles. The third-order valence-corrected chi connectivity index (χ3v) is 12.1. The molecule has 0 spiro atoms. The predicted molar refractivity (Wildman–Crippen MR) is 176 cm³/mol. The fourth-order valence-electron chi connectivity index (χ4n) is 7.56. The van der Waals surface area contributed by atoms with Gasteiger partial charge in [0.2, 0.25) is 0 Å². The SMILES string of the molecule is CCc1c(F)ccc2cc(O)cc(-c3ncc4c(N5CCOCC(P(C)(C)=O)C5)nc(OC[C@@]56CCCN5C[C@H](F)C6)nc4c3F)c12. The van der Waals surface area contributed by atoms with Crippen molar-refractivity contribution in [3.8, 4) is 23.0 Å². The van der Waals surface area contributed by atoms with E-state index in [1.54, 1.807) is 19.4 Å². The molecule has 3 atom stereocenters. The second kappa shape index (κ2) is 12.2. The highest BCUT2D eigenvalue weighted by Crippen LogP contribution is 2.45. The number of aromatic nitrogens is 3. The number of aromatic hydroxyl groups is 1. The molecule has 9 nitrogen and oxygen atoms in total. The van der Waals surface area contributed by atoms with Crippen LogP contribution >= 0.6 is 7.14 Å². The Balaban J connectivity index is 1.39. The summed E-state index contributed by atoms with van der Waals surface area (Å²) in [6, 6.07) is 5.72. The van der Waals surface area contributed by atoms with E-state index in [1.807, 2.05) is 11.8 Å². The molecule has 1 unspecified atom stereocenters. The van der Waals surface area contributed by atoms with E-state index in [1.165, 1.54) is 24.4 Å². The summed E-state index contributed by atoms with van der Waals surface area (Å²) < 4.78 is 71.6. The number of halogens is 3. The van der Waals surface area contributed by atoms with Crippen LogP contribution in [0, 0.1) is 11.6 Å². The molecule has 3 fully saturated rings. The summed E-state index contributed by atoms with van der Waals surface area (Å²) in [5.74, 6) is -0.960. The lowest BCUT2D eigenvalue weighted by Gasteiger charge is -2.31. The van der Waals surface area contributed by atoms with Gasteiger partial charge in [0.15, 0.2) is 5.82 Å². The van der Waals surface area contributed by atoms with Gasteiger partial charge in [-0.25, -0.2) is 13.2 Å². The van der Waals surface area contributed by atoms with Gasteiger partial charge in [-0.3, -0.25) is 9.88 Å². The third kappa shape index (κ3) is 5.82. The van der Waals surface area contributed by atoms with Crippen LogP contribution in [-0.4, -0.2) is 102 Å². The second-order valence-electron chi connectivity index (χ2n) is 13.5. The van der Waals surface area contributed by atoms with Gasteiger partial charge < -0.3 is 24.0 Å². The monoisotopic (exact) mass is 669 g/mol. The zero-order valence-corrected chi connectivity index (χ0v) is 27.7. The smallest absolute Gasteiger partial charge is 0.319 e. The molecule has 0 saturated carbocycles. The molecule has 0 aliphatic carbocycles. The van der Waals surface area contributed by atoms with E-state index in [4.69, 9.17) is 14.5 Å². The van der Waals surface area contributed by atoms with Crippen molar-refractivity contribution in [3.05, 3.63) is 47.7 Å². The topological polar surface area (TPSA) is 101 Å². The molecule has 2 aromatic carbocycles. The van der Waals surface area contributed by atoms with E-state index in [0.717, 1.165) is 19.4 Å². The van der Waals surface area contributed by atoms with E-state index >= 15 is 4.39 Å². The van der Waals surface area contributed by atoms with E-state index in [2.05, 4.69) is 14.9 Å². The molecule has 250 valence electrons. The van der Waals surface area contributed by atoms with Crippen LogP contribution in [0.2, 0.25) is 0 Å². The molecule has 7 rings (SSSR count). The Morgan fingerprint density at radius 2 is 2.00 bits per heavy atom. The molecule has 0 radical (unpaired) electrons. The van der Waals surface area contributed by atoms with Crippen LogP contribution in [0.4, 0.5) is 19.0 Å². The molecule has 3 saturated heterocycles. The molecule has 3 aliphatic heterocycles. The van der Waals surface area contributed by atoms with Gasteiger partial charge in [-0.05, 0) is 73.7 Å². The van der Waals surface area contributed by atoms with Gasteiger partial charge in [-0.1, -0.05) is 13.0 Å². The van der Waals surface area contributed by atoms with Gasteiger partial charge in [0.25, 0.3) is 0 Å². The number of fused-ring (bicyclic) bond motifs is 3. The van der Waals surface area contributed by atoms with Crippen molar-refractivity contribution in [1.82, 2.24) is 19.9 Å². The summed E-state index contributed by atoms with van der Waals surface area (Å²) in [5, 5.41) is 11.9. The molecule has 0 bridgehead atoms. The first-order valence-corrected chi connectivity index (χ1v) is 18.8. The number of aryl methyl sites for hydroxylation is 1. The Bertz CT molecular complexity index is 1910. The highest BCUT2D eigenvalue weighted by atomic mass is 31.2. The number of anilines is 1. The lowest BCUT2D eigenvalue weighted by Crippen LogP contribution is -2.43. The van der Waals surface area contributed by atoms with Crippen molar-refractivity contribution in [2.75, 3.05) is 64.2 Å².